The molecule has 3 N–H and O–H groups in total. The maximum absolute atomic E-state index is 13.5. The minimum Gasteiger partial charge on any atom is -0.492 e. The molecule has 0 amide bonds. The van der Waals surface area contributed by atoms with Crippen LogP contribution in [-0.4, -0.2) is 34.1 Å². The van der Waals surface area contributed by atoms with Crippen LogP contribution in [0.1, 0.15) is 37.8 Å². The van der Waals surface area contributed by atoms with Gasteiger partial charge >= 0.3 is 6.18 Å². The molecule has 0 spiro atoms. The number of nitrogens with two attached hydrogens (primary N) is 1. The van der Waals surface area contributed by atoms with Crippen LogP contribution in [0.5, 0.6) is 5.75 Å². The van der Waals surface area contributed by atoms with Crippen LogP contribution >= 0.6 is 12.2 Å². The first-order valence-corrected chi connectivity index (χ1v) is 10.7. The van der Waals surface area contributed by atoms with Crippen molar-refractivity contribution in [2.75, 3.05) is 16.4 Å². The van der Waals surface area contributed by atoms with Crippen molar-refractivity contribution in [3.05, 3.63) is 53.6 Å². The number of aliphatic hydroxyl groups excluding tert-OH is 1. The number of ether oxygens (including phenoxy) is 1. The molecule has 0 radical (unpaired) electrons. The zero-order valence-corrected chi connectivity index (χ0v) is 18.9. The molecule has 0 aromatic heterocycles. The first kappa shape index (κ1) is 23.3. The SMILES string of the molecule is CC1(C)C(O)N(c2ccc(C#N)c(C(F)(F)F)c2)C(=S)N1c1ccc(OCC2(N)CC2)cc1. The van der Waals surface area contributed by atoms with Gasteiger partial charge in [0.15, 0.2) is 11.3 Å². The molecule has 10 heteroatoms. The summed E-state index contributed by atoms with van der Waals surface area (Å²) in [5, 5.41) is 20.2. The number of hydrogen-bond acceptors (Lipinski definition) is 5. The minimum absolute atomic E-state index is 0.0482. The Morgan fingerprint density at radius 3 is 2.33 bits per heavy atom. The molecule has 33 heavy (non-hydrogen) atoms. The Morgan fingerprint density at radius 2 is 1.79 bits per heavy atom. The fourth-order valence-electron chi connectivity index (χ4n) is 3.82. The summed E-state index contributed by atoms with van der Waals surface area (Å²) in [6.45, 7) is 3.91. The van der Waals surface area contributed by atoms with E-state index < -0.39 is 29.1 Å². The Labute approximate surface area is 195 Å². The van der Waals surface area contributed by atoms with Gasteiger partial charge in [0.25, 0.3) is 0 Å². The highest BCUT2D eigenvalue weighted by Gasteiger charge is 2.50. The molecule has 1 unspecified atom stereocenters. The van der Waals surface area contributed by atoms with Crippen LogP contribution in [0.25, 0.3) is 0 Å². The first-order chi connectivity index (χ1) is 15.4. The van der Waals surface area contributed by atoms with Crippen LogP contribution in [0.4, 0.5) is 24.5 Å². The lowest BCUT2D eigenvalue weighted by Crippen LogP contribution is -2.47. The Morgan fingerprint density at radius 1 is 1.18 bits per heavy atom. The zero-order chi connectivity index (χ0) is 24.2. The summed E-state index contributed by atoms with van der Waals surface area (Å²) >= 11 is 5.59. The minimum atomic E-state index is -4.72. The number of hydrogen-bond donors (Lipinski definition) is 2. The van der Waals surface area contributed by atoms with Gasteiger partial charge in [-0.3, -0.25) is 4.90 Å². The van der Waals surface area contributed by atoms with Gasteiger partial charge in [0.05, 0.1) is 28.3 Å². The van der Waals surface area contributed by atoms with Crippen LogP contribution in [0.15, 0.2) is 42.5 Å². The number of thiocarbonyl (C=S) groups is 1. The number of alkyl halides is 3. The van der Waals surface area contributed by atoms with E-state index in [9.17, 15) is 18.3 Å². The van der Waals surface area contributed by atoms with Crippen LogP contribution in [0, 0.1) is 11.3 Å². The number of nitriles is 1. The van der Waals surface area contributed by atoms with E-state index in [1.165, 1.54) is 11.0 Å². The second-order valence-electron chi connectivity index (χ2n) is 9.00. The molecule has 1 heterocycles. The third-order valence-electron chi connectivity index (χ3n) is 6.07. The monoisotopic (exact) mass is 476 g/mol. The second-order valence-corrected chi connectivity index (χ2v) is 9.36. The molecule has 1 saturated carbocycles. The van der Waals surface area contributed by atoms with Gasteiger partial charge in [-0.15, -0.1) is 0 Å². The maximum atomic E-state index is 13.5. The van der Waals surface area contributed by atoms with Gasteiger partial charge in [-0.1, -0.05) is 0 Å². The van der Waals surface area contributed by atoms with Gasteiger partial charge in [-0.25, -0.2) is 0 Å². The normalized spacial score (nSPS) is 21.2. The summed E-state index contributed by atoms with van der Waals surface area (Å²) in [5.41, 5.74) is 3.96. The van der Waals surface area contributed by atoms with Crippen molar-refractivity contribution in [1.29, 1.82) is 5.26 Å². The van der Waals surface area contributed by atoms with Crippen molar-refractivity contribution in [3.8, 4) is 11.8 Å². The second kappa shape index (κ2) is 7.87. The number of benzene rings is 2. The van der Waals surface area contributed by atoms with Crippen molar-refractivity contribution < 1.29 is 23.0 Å². The molecule has 1 atom stereocenters. The molecule has 174 valence electrons. The van der Waals surface area contributed by atoms with Crippen molar-refractivity contribution in [2.45, 2.75) is 50.2 Å². The molecule has 1 saturated heterocycles. The predicted octanol–water partition coefficient (Wildman–Crippen LogP) is 4.16. The predicted molar refractivity (Wildman–Crippen MR) is 122 cm³/mol. The number of anilines is 2. The van der Waals surface area contributed by atoms with Gasteiger partial charge in [0.1, 0.15) is 12.4 Å². The smallest absolute Gasteiger partial charge is 0.417 e. The van der Waals surface area contributed by atoms with Crippen molar-refractivity contribution in [1.82, 2.24) is 0 Å². The van der Waals surface area contributed by atoms with Crippen molar-refractivity contribution >= 4 is 28.7 Å². The lowest BCUT2D eigenvalue weighted by molar-refractivity contribution is -0.137. The van der Waals surface area contributed by atoms with E-state index in [1.54, 1.807) is 49.1 Å². The summed E-state index contributed by atoms with van der Waals surface area (Å²) in [4.78, 5) is 2.95. The van der Waals surface area contributed by atoms with Crippen molar-refractivity contribution in [2.24, 2.45) is 5.73 Å². The van der Waals surface area contributed by atoms with Gasteiger partial charge in [0.2, 0.25) is 0 Å². The lowest BCUT2D eigenvalue weighted by atomic mass is 10.0. The molecule has 6 nitrogen and oxygen atoms in total. The summed E-state index contributed by atoms with van der Waals surface area (Å²) in [6, 6.07) is 11.9. The first-order valence-electron chi connectivity index (χ1n) is 10.3. The molecule has 2 fully saturated rings. The lowest BCUT2D eigenvalue weighted by Gasteiger charge is -2.33. The van der Waals surface area contributed by atoms with E-state index in [1.807, 2.05) is 0 Å². The zero-order valence-electron chi connectivity index (χ0n) is 18.1. The summed E-state index contributed by atoms with van der Waals surface area (Å²) in [7, 11) is 0. The Bertz CT molecular complexity index is 1120. The molecular weight excluding hydrogens is 453 g/mol. The number of nitrogens with zero attached hydrogens (tertiary/aromatic N) is 3. The van der Waals surface area contributed by atoms with Gasteiger partial charge in [0, 0.05) is 11.4 Å². The molecular formula is C23H23F3N4O2S. The standard InChI is InChI=1S/C23H23F3N4O2S/c1-21(2)19(31)29(16-4-3-14(12-27)18(11-16)23(24,25)26)20(33)30(21)15-5-7-17(8-6-15)32-13-22(28)9-10-22/h3-8,11,19,31H,9-10,13,28H2,1-2H3. The Balaban J connectivity index is 1.64. The molecule has 0 bridgehead atoms. The number of halogens is 3. The highest BCUT2D eigenvalue weighted by atomic mass is 32.1. The van der Waals surface area contributed by atoms with Crippen LogP contribution in [-0.2, 0) is 6.18 Å². The Kier molecular flexibility index (Phi) is 5.55. The summed E-state index contributed by atoms with van der Waals surface area (Å²) < 4.78 is 46.2. The third-order valence-corrected chi connectivity index (χ3v) is 6.45. The summed E-state index contributed by atoms with van der Waals surface area (Å²) in [5.74, 6) is 0.637. The highest BCUT2D eigenvalue weighted by molar-refractivity contribution is 7.80. The van der Waals surface area contributed by atoms with Gasteiger partial charge in [-0.05, 0) is 81.4 Å². The van der Waals surface area contributed by atoms with E-state index in [0.29, 0.717) is 18.0 Å². The molecule has 4 rings (SSSR count). The van der Waals surface area contributed by atoms with Gasteiger partial charge in [-0.2, -0.15) is 18.4 Å². The quantitative estimate of drug-likeness (QED) is 0.627. The largest absolute Gasteiger partial charge is 0.492 e. The topological polar surface area (TPSA) is 85.8 Å². The number of aliphatic hydroxyl groups is 1. The Hall–Kier alpha value is -2.87. The van der Waals surface area contributed by atoms with Crippen LogP contribution < -0.4 is 20.3 Å². The van der Waals surface area contributed by atoms with E-state index in [0.717, 1.165) is 25.0 Å². The third kappa shape index (κ3) is 4.24. The molecule has 1 aliphatic carbocycles. The highest BCUT2D eigenvalue weighted by Crippen LogP contribution is 2.41. The average molecular weight is 477 g/mol. The maximum Gasteiger partial charge on any atom is 0.417 e. The molecule has 2 aromatic rings. The van der Waals surface area contributed by atoms with E-state index >= 15 is 0 Å². The fourth-order valence-corrected chi connectivity index (χ4v) is 4.37. The van der Waals surface area contributed by atoms with E-state index in [2.05, 4.69) is 0 Å². The van der Waals surface area contributed by atoms with E-state index in [-0.39, 0.29) is 16.3 Å². The molecule has 2 aliphatic rings. The summed E-state index contributed by atoms with van der Waals surface area (Å²) in [6.07, 6.45) is -4.09. The number of rotatable bonds is 5. The van der Waals surface area contributed by atoms with Crippen LogP contribution in [0.3, 0.4) is 0 Å². The molecule has 2 aromatic carbocycles. The van der Waals surface area contributed by atoms with E-state index in [4.69, 9.17) is 28.0 Å². The van der Waals surface area contributed by atoms with Gasteiger partial charge < -0.3 is 20.5 Å². The fraction of sp³-hybridized carbons (Fsp3) is 0.391. The molecule has 1 aliphatic heterocycles. The average Bonchev–Trinajstić information content (AvgIpc) is 3.46. The van der Waals surface area contributed by atoms with Crippen LogP contribution in [0.2, 0.25) is 0 Å². The van der Waals surface area contributed by atoms with Crippen molar-refractivity contribution in [3.63, 3.8) is 0 Å².